The van der Waals surface area contributed by atoms with E-state index < -0.39 is 11.5 Å². The summed E-state index contributed by atoms with van der Waals surface area (Å²) < 4.78 is 11.4. The van der Waals surface area contributed by atoms with Gasteiger partial charge in [-0.1, -0.05) is 72.8 Å². The van der Waals surface area contributed by atoms with E-state index in [4.69, 9.17) is 14.5 Å². The molecular formula is C32H32N2O3. The molecule has 4 aromatic carbocycles. The third kappa shape index (κ3) is 4.64. The number of methoxy groups -OCH3 is 2. The monoisotopic (exact) mass is 492 g/mol. The van der Waals surface area contributed by atoms with Gasteiger partial charge < -0.3 is 19.9 Å². The zero-order valence-corrected chi connectivity index (χ0v) is 21.4. The summed E-state index contributed by atoms with van der Waals surface area (Å²) in [5.41, 5.74) is 2.21. The molecule has 0 aliphatic heterocycles. The molecule has 5 rings (SSSR count). The first kappa shape index (κ1) is 24.8. The minimum absolute atomic E-state index is 0.453. The summed E-state index contributed by atoms with van der Waals surface area (Å²) in [4.78, 5) is 4.86. The van der Waals surface area contributed by atoms with Gasteiger partial charge in [0.25, 0.3) is 0 Å². The predicted octanol–water partition coefficient (Wildman–Crippen LogP) is 6.03. The van der Waals surface area contributed by atoms with Crippen molar-refractivity contribution in [2.75, 3.05) is 27.8 Å². The number of nitrogens with one attached hydrogen (secondary N) is 1. The zero-order valence-electron chi connectivity index (χ0n) is 21.4. The van der Waals surface area contributed by atoms with Crippen LogP contribution in [0, 0.1) is 0 Å². The molecule has 0 saturated heterocycles. The molecule has 5 nitrogen and oxygen atoms in total. The highest BCUT2D eigenvalue weighted by Gasteiger charge is 2.42. The Hall–Kier alpha value is -3.93. The molecule has 5 aromatic rings. The van der Waals surface area contributed by atoms with E-state index in [1.54, 1.807) is 14.2 Å². The number of aliphatic hydroxyl groups is 1. The van der Waals surface area contributed by atoms with Gasteiger partial charge in [-0.15, -0.1) is 0 Å². The maximum Gasteiger partial charge on any atom is 0.217 e. The predicted molar refractivity (Wildman–Crippen MR) is 150 cm³/mol. The van der Waals surface area contributed by atoms with Crippen LogP contribution in [0.15, 0.2) is 97.1 Å². The molecule has 1 aromatic heterocycles. The summed E-state index contributed by atoms with van der Waals surface area (Å²) in [6.45, 7) is 0.625. The second-order valence-electron chi connectivity index (χ2n) is 9.29. The third-order valence-electron chi connectivity index (χ3n) is 7.14. The molecule has 188 valence electrons. The average Bonchev–Trinajstić information content (AvgIpc) is 2.95. The Kier molecular flexibility index (Phi) is 7.08. The van der Waals surface area contributed by atoms with E-state index in [0.29, 0.717) is 18.8 Å². The van der Waals surface area contributed by atoms with Crippen molar-refractivity contribution < 1.29 is 14.6 Å². The smallest absolute Gasteiger partial charge is 0.217 e. The highest BCUT2D eigenvalue weighted by atomic mass is 16.5. The first-order chi connectivity index (χ1) is 18.1. The summed E-state index contributed by atoms with van der Waals surface area (Å²) in [6.07, 6.45) is 0.483. The number of hydrogen-bond donors (Lipinski definition) is 2. The van der Waals surface area contributed by atoms with Crippen LogP contribution in [0.1, 0.15) is 29.0 Å². The van der Waals surface area contributed by atoms with E-state index in [1.165, 1.54) is 0 Å². The number of fused-ring (bicyclic) bond motifs is 2. The Labute approximate surface area is 217 Å². The lowest BCUT2D eigenvalue weighted by Gasteiger charge is -2.39. The Bertz CT molecular complexity index is 1510. The van der Waals surface area contributed by atoms with E-state index in [1.807, 2.05) is 67.7 Å². The number of benzene rings is 4. The summed E-state index contributed by atoms with van der Waals surface area (Å²) in [5, 5.41) is 19.2. The Morgan fingerprint density at radius 3 is 2.35 bits per heavy atom. The highest BCUT2D eigenvalue weighted by Crippen LogP contribution is 2.48. The van der Waals surface area contributed by atoms with Gasteiger partial charge in [-0.2, -0.15) is 0 Å². The number of pyridine rings is 1. The fourth-order valence-corrected chi connectivity index (χ4v) is 5.36. The van der Waals surface area contributed by atoms with Crippen molar-refractivity contribution in [2.45, 2.75) is 17.9 Å². The summed E-state index contributed by atoms with van der Waals surface area (Å²) in [5.74, 6) is 0.793. The molecule has 0 fully saturated rings. The minimum atomic E-state index is -1.27. The van der Waals surface area contributed by atoms with Crippen LogP contribution in [-0.2, 0) is 5.60 Å². The standard InChI is InChI=1S/C32H32N2O3/c1-33-19-18-32(35,28-15-9-13-22-10-7-8-14-26(22)28)30(23-11-5-4-6-12-23)27-21-24-20-25(36-2)16-17-29(24)34-31(27)37-3/h4-17,20-21,30,33,35H,18-19H2,1-3H3/t30-,32+/m1/s1. The topological polar surface area (TPSA) is 63.6 Å². The minimum Gasteiger partial charge on any atom is -0.497 e. The highest BCUT2D eigenvalue weighted by molar-refractivity contribution is 5.87. The van der Waals surface area contributed by atoms with E-state index in [9.17, 15) is 5.11 Å². The summed E-state index contributed by atoms with van der Waals surface area (Å²) in [7, 11) is 5.20. The van der Waals surface area contributed by atoms with Gasteiger partial charge in [0, 0.05) is 16.9 Å². The SMILES string of the molecule is CNCC[C@](O)(c1cccc2ccccc12)[C@H](c1ccccc1)c1cc2cc(OC)ccc2nc1OC. The van der Waals surface area contributed by atoms with Crippen molar-refractivity contribution in [3.05, 3.63) is 114 Å². The lowest BCUT2D eigenvalue weighted by atomic mass is 9.70. The van der Waals surface area contributed by atoms with Gasteiger partial charge in [0.1, 0.15) is 11.4 Å². The van der Waals surface area contributed by atoms with Crippen molar-refractivity contribution in [3.8, 4) is 11.6 Å². The number of nitrogens with zero attached hydrogens (tertiary/aromatic N) is 1. The normalized spacial score (nSPS) is 13.8. The quantitative estimate of drug-likeness (QED) is 0.263. The Morgan fingerprint density at radius 2 is 1.59 bits per heavy atom. The van der Waals surface area contributed by atoms with Crippen molar-refractivity contribution in [2.24, 2.45) is 0 Å². The number of ether oxygens (including phenoxy) is 2. The molecular weight excluding hydrogens is 460 g/mol. The van der Waals surface area contributed by atoms with E-state index in [2.05, 4.69) is 41.7 Å². The van der Waals surface area contributed by atoms with Crippen LogP contribution in [-0.4, -0.2) is 37.9 Å². The summed E-state index contributed by atoms with van der Waals surface area (Å²) >= 11 is 0. The van der Waals surface area contributed by atoms with Crippen molar-refractivity contribution in [1.29, 1.82) is 0 Å². The van der Waals surface area contributed by atoms with Crippen LogP contribution in [0.5, 0.6) is 11.6 Å². The maximum atomic E-state index is 12.9. The van der Waals surface area contributed by atoms with Crippen LogP contribution in [0.2, 0.25) is 0 Å². The van der Waals surface area contributed by atoms with Gasteiger partial charge in [-0.25, -0.2) is 4.98 Å². The lowest BCUT2D eigenvalue weighted by molar-refractivity contribution is 0.0118. The van der Waals surface area contributed by atoms with E-state index in [-0.39, 0.29) is 0 Å². The maximum absolute atomic E-state index is 12.9. The number of hydrogen-bond acceptors (Lipinski definition) is 5. The molecule has 1 heterocycles. The first-order valence-electron chi connectivity index (χ1n) is 12.5. The van der Waals surface area contributed by atoms with Gasteiger partial charge in [-0.05, 0) is 66.2 Å². The molecule has 0 saturated carbocycles. The molecule has 5 heteroatoms. The molecule has 0 radical (unpaired) electrons. The molecule has 37 heavy (non-hydrogen) atoms. The Balaban J connectivity index is 1.83. The molecule has 0 aliphatic rings. The second kappa shape index (κ2) is 10.6. The largest absolute Gasteiger partial charge is 0.497 e. The van der Waals surface area contributed by atoms with Crippen molar-refractivity contribution >= 4 is 21.7 Å². The van der Waals surface area contributed by atoms with Gasteiger partial charge in [0.05, 0.1) is 19.7 Å². The first-order valence-corrected chi connectivity index (χ1v) is 12.5. The molecule has 0 unspecified atom stereocenters. The van der Waals surface area contributed by atoms with Crippen LogP contribution in [0.25, 0.3) is 21.7 Å². The van der Waals surface area contributed by atoms with E-state index >= 15 is 0 Å². The lowest BCUT2D eigenvalue weighted by Crippen LogP contribution is -2.37. The van der Waals surface area contributed by atoms with Crippen LogP contribution >= 0.6 is 0 Å². The molecule has 2 atom stereocenters. The number of rotatable bonds is 9. The van der Waals surface area contributed by atoms with Crippen molar-refractivity contribution in [3.63, 3.8) is 0 Å². The van der Waals surface area contributed by atoms with Crippen LogP contribution in [0.4, 0.5) is 0 Å². The number of aromatic nitrogens is 1. The second-order valence-corrected chi connectivity index (χ2v) is 9.29. The van der Waals surface area contributed by atoms with Crippen LogP contribution in [0.3, 0.4) is 0 Å². The fourth-order valence-electron chi connectivity index (χ4n) is 5.36. The van der Waals surface area contributed by atoms with Gasteiger partial charge in [0.15, 0.2) is 0 Å². The average molecular weight is 493 g/mol. The fraction of sp³-hybridized carbons (Fsp3) is 0.219. The molecule has 0 amide bonds. The third-order valence-corrected chi connectivity index (χ3v) is 7.14. The molecule has 0 bridgehead atoms. The Morgan fingerprint density at radius 1 is 0.838 bits per heavy atom. The summed E-state index contributed by atoms with van der Waals surface area (Å²) in [6, 6.07) is 32.4. The molecule has 2 N–H and O–H groups in total. The van der Waals surface area contributed by atoms with Crippen molar-refractivity contribution in [1.82, 2.24) is 10.3 Å². The molecule has 0 aliphatic carbocycles. The van der Waals surface area contributed by atoms with Gasteiger partial charge in [-0.3, -0.25) is 0 Å². The van der Waals surface area contributed by atoms with Gasteiger partial charge in [0.2, 0.25) is 5.88 Å². The zero-order chi connectivity index (χ0) is 25.8. The van der Waals surface area contributed by atoms with Crippen LogP contribution < -0.4 is 14.8 Å². The molecule has 0 spiro atoms. The van der Waals surface area contributed by atoms with E-state index in [0.717, 1.165) is 44.1 Å². The van der Waals surface area contributed by atoms with Gasteiger partial charge >= 0.3 is 0 Å².